The highest BCUT2D eigenvalue weighted by Gasteiger charge is 2.27. The van der Waals surface area contributed by atoms with Crippen molar-refractivity contribution in [2.24, 2.45) is 0 Å². The fourth-order valence-corrected chi connectivity index (χ4v) is 3.88. The van der Waals surface area contributed by atoms with Gasteiger partial charge in [-0.2, -0.15) is 5.10 Å². The van der Waals surface area contributed by atoms with Crippen LogP contribution in [0.5, 0.6) is 0 Å². The van der Waals surface area contributed by atoms with Crippen LogP contribution in [0.25, 0.3) is 10.6 Å². The Hall–Kier alpha value is -1.96. The lowest BCUT2D eigenvalue weighted by Crippen LogP contribution is -2.45. The third-order valence-electron chi connectivity index (χ3n) is 3.92. The van der Waals surface area contributed by atoms with E-state index in [1.54, 1.807) is 16.0 Å². The summed E-state index contributed by atoms with van der Waals surface area (Å²) in [6, 6.07) is 14.0. The van der Waals surface area contributed by atoms with Crippen molar-refractivity contribution in [1.82, 2.24) is 20.4 Å². The summed E-state index contributed by atoms with van der Waals surface area (Å²) in [5.41, 5.74) is 2.61. The molecule has 0 spiro atoms. The number of amides is 1. The maximum Gasteiger partial charge on any atom is 0.269 e. The topological polar surface area (TPSA) is 59.0 Å². The fourth-order valence-electron chi connectivity index (χ4n) is 2.75. The van der Waals surface area contributed by atoms with Crippen LogP contribution in [0.4, 0.5) is 0 Å². The van der Waals surface area contributed by atoms with Crippen molar-refractivity contribution in [2.45, 2.75) is 12.7 Å². The van der Waals surface area contributed by atoms with Gasteiger partial charge in [-0.3, -0.25) is 10.1 Å². The Morgan fingerprint density at radius 1 is 1.33 bits per heavy atom. The van der Waals surface area contributed by atoms with Crippen LogP contribution in [-0.2, 0) is 6.54 Å². The Balaban J connectivity index is 1.58. The second-order valence-electron chi connectivity index (χ2n) is 5.57. The van der Waals surface area contributed by atoms with E-state index in [-0.39, 0.29) is 12.1 Å². The Morgan fingerprint density at radius 2 is 2.25 bits per heavy atom. The lowest BCUT2D eigenvalue weighted by atomic mass is 10.2. The summed E-state index contributed by atoms with van der Waals surface area (Å²) in [6.45, 7) is 1.22. The zero-order valence-electron chi connectivity index (χ0n) is 12.7. The molecular formula is C17H15BrN4OS. The standard InChI is InChI=1S/C17H15BrN4OS/c18-12-4-1-3-11(7-12)9-19-16-10-20-17(23)14-8-13(21-22(14)16)15-5-2-6-24-15/h1-8,16,19H,9-10H2,(H,20,23). The van der Waals surface area contributed by atoms with E-state index >= 15 is 0 Å². The Labute approximate surface area is 151 Å². The molecule has 2 N–H and O–H groups in total. The lowest BCUT2D eigenvalue weighted by molar-refractivity contribution is 0.0900. The van der Waals surface area contributed by atoms with Gasteiger partial charge in [0.15, 0.2) is 0 Å². The van der Waals surface area contributed by atoms with Crippen molar-refractivity contribution >= 4 is 33.2 Å². The van der Waals surface area contributed by atoms with Crippen LogP contribution in [0.2, 0.25) is 0 Å². The Morgan fingerprint density at radius 3 is 3.04 bits per heavy atom. The van der Waals surface area contributed by atoms with Gasteiger partial charge in [-0.15, -0.1) is 11.3 Å². The van der Waals surface area contributed by atoms with Crippen molar-refractivity contribution in [3.05, 3.63) is 63.6 Å². The molecule has 0 fully saturated rings. The highest BCUT2D eigenvalue weighted by Crippen LogP contribution is 2.26. The summed E-state index contributed by atoms with van der Waals surface area (Å²) >= 11 is 5.11. The van der Waals surface area contributed by atoms with E-state index in [1.165, 1.54) is 5.56 Å². The maximum atomic E-state index is 12.1. The number of fused-ring (bicyclic) bond motifs is 1. The minimum Gasteiger partial charge on any atom is -0.347 e. The lowest BCUT2D eigenvalue weighted by Gasteiger charge is -2.25. The number of halogens is 1. The summed E-state index contributed by atoms with van der Waals surface area (Å²) in [6.07, 6.45) is -0.0645. The summed E-state index contributed by atoms with van der Waals surface area (Å²) in [4.78, 5) is 13.2. The molecule has 4 rings (SSSR count). The van der Waals surface area contributed by atoms with Gasteiger partial charge in [-0.05, 0) is 35.2 Å². The molecule has 7 heteroatoms. The number of rotatable bonds is 4. The molecule has 1 aliphatic heterocycles. The number of aromatic nitrogens is 2. The fraction of sp³-hybridized carbons (Fsp3) is 0.176. The highest BCUT2D eigenvalue weighted by atomic mass is 79.9. The van der Waals surface area contributed by atoms with Crippen LogP contribution in [0.15, 0.2) is 52.3 Å². The molecule has 3 aromatic rings. The number of hydrogen-bond acceptors (Lipinski definition) is 4. The average Bonchev–Trinajstić information content (AvgIpc) is 3.24. The molecule has 1 atom stereocenters. The number of benzene rings is 1. The molecule has 0 saturated carbocycles. The van der Waals surface area contributed by atoms with E-state index in [9.17, 15) is 4.79 Å². The molecule has 3 heterocycles. The van der Waals surface area contributed by atoms with Gasteiger partial charge in [-0.1, -0.05) is 34.1 Å². The SMILES string of the molecule is O=C1NCC(NCc2cccc(Br)c2)n2nc(-c3cccs3)cc21. The predicted octanol–water partition coefficient (Wildman–Crippen LogP) is 3.41. The Kier molecular flexibility index (Phi) is 4.22. The number of nitrogens with zero attached hydrogens (tertiary/aromatic N) is 2. The molecule has 1 aromatic carbocycles. The molecule has 0 aliphatic carbocycles. The number of carbonyl (C=O) groups is 1. The maximum absolute atomic E-state index is 12.1. The van der Waals surface area contributed by atoms with Crippen molar-refractivity contribution in [1.29, 1.82) is 0 Å². The second kappa shape index (κ2) is 6.51. The first kappa shape index (κ1) is 15.6. The largest absolute Gasteiger partial charge is 0.347 e. The van der Waals surface area contributed by atoms with Gasteiger partial charge in [0.25, 0.3) is 5.91 Å². The minimum atomic E-state index is -0.0780. The molecule has 1 amide bonds. The molecule has 5 nitrogen and oxygen atoms in total. The van der Waals surface area contributed by atoms with Gasteiger partial charge < -0.3 is 5.32 Å². The summed E-state index contributed by atoms with van der Waals surface area (Å²) in [7, 11) is 0. The number of thiophene rings is 1. The highest BCUT2D eigenvalue weighted by molar-refractivity contribution is 9.10. The molecule has 2 aromatic heterocycles. The second-order valence-corrected chi connectivity index (χ2v) is 7.44. The van der Waals surface area contributed by atoms with Crippen LogP contribution in [0.1, 0.15) is 22.2 Å². The summed E-state index contributed by atoms with van der Waals surface area (Å²) in [5.74, 6) is -0.0780. The summed E-state index contributed by atoms with van der Waals surface area (Å²) in [5, 5.41) is 13.1. The summed E-state index contributed by atoms with van der Waals surface area (Å²) < 4.78 is 2.85. The van der Waals surface area contributed by atoms with Crippen LogP contribution in [0.3, 0.4) is 0 Å². The van der Waals surface area contributed by atoms with Crippen LogP contribution >= 0.6 is 27.3 Å². The molecule has 0 radical (unpaired) electrons. The van der Waals surface area contributed by atoms with Gasteiger partial charge in [-0.25, -0.2) is 4.68 Å². The van der Waals surface area contributed by atoms with Crippen LogP contribution in [0, 0.1) is 0 Å². The van der Waals surface area contributed by atoms with Gasteiger partial charge in [0.1, 0.15) is 17.6 Å². The first-order valence-corrected chi connectivity index (χ1v) is 9.27. The first-order chi connectivity index (χ1) is 11.7. The predicted molar refractivity (Wildman–Crippen MR) is 97.9 cm³/mol. The van der Waals surface area contributed by atoms with E-state index in [4.69, 9.17) is 0 Å². The van der Waals surface area contributed by atoms with E-state index in [0.717, 1.165) is 15.0 Å². The smallest absolute Gasteiger partial charge is 0.269 e. The molecule has 122 valence electrons. The van der Waals surface area contributed by atoms with Crippen LogP contribution < -0.4 is 10.6 Å². The molecule has 0 saturated heterocycles. The van der Waals surface area contributed by atoms with E-state index < -0.39 is 0 Å². The third kappa shape index (κ3) is 3.02. The van der Waals surface area contributed by atoms with Gasteiger partial charge in [0.05, 0.1) is 11.4 Å². The normalized spacial score (nSPS) is 16.7. The number of carbonyl (C=O) groups excluding carboxylic acids is 1. The molecule has 0 bridgehead atoms. The molecule has 24 heavy (non-hydrogen) atoms. The first-order valence-electron chi connectivity index (χ1n) is 7.60. The van der Waals surface area contributed by atoms with E-state index in [2.05, 4.69) is 43.8 Å². The molecular weight excluding hydrogens is 388 g/mol. The Bertz CT molecular complexity index is 875. The quantitative estimate of drug-likeness (QED) is 0.702. The average molecular weight is 403 g/mol. The zero-order valence-corrected chi connectivity index (χ0v) is 15.1. The molecule has 1 aliphatic rings. The zero-order chi connectivity index (χ0) is 16.5. The monoisotopic (exact) mass is 402 g/mol. The van der Waals surface area contributed by atoms with Gasteiger partial charge >= 0.3 is 0 Å². The third-order valence-corrected chi connectivity index (χ3v) is 5.31. The van der Waals surface area contributed by atoms with E-state index in [1.807, 2.05) is 35.7 Å². The van der Waals surface area contributed by atoms with Crippen LogP contribution in [-0.4, -0.2) is 22.2 Å². The number of nitrogens with one attached hydrogen (secondary N) is 2. The van der Waals surface area contributed by atoms with Crippen molar-refractivity contribution in [3.63, 3.8) is 0 Å². The van der Waals surface area contributed by atoms with Gasteiger partial charge in [0, 0.05) is 11.0 Å². The van der Waals surface area contributed by atoms with E-state index in [0.29, 0.717) is 18.8 Å². The molecule has 1 unspecified atom stereocenters. The van der Waals surface area contributed by atoms with Crippen molar-refractivity contribution in [2.75, 3.05) is 6.54 Å². The van der Waals surface area contributed by atoms with Gasteiger partial charge in [0.2, 0.25) is 0 Å². The van der Waals surface area contributed by atoms with Crippen molar-refractivity contribution < 1.29 is 4.79 Å². The minimum absolute atomic E-state index is 0.0645. The van der Waals surface area contributed by atoms with Crippen molar-refractivity contribution in [3.8, 4) is 10.6 Å². The number of hydrogen-bond donors (Lipinski definition) is 2.